The molecular formula is C17H19FO. The molecule has 100 valence electrons. The molecule has 0 spiro atoms. The Morgan fingerprint density at radius 1 is 1.11 bits per heavy atom. The van der Waals surface area contributed by atoms with E-state index in [2.05, 4.69) is 19.1 Å². The molecule has 0 aliphatic heterocycles. The molecule has 0 radical (unpaired) electrons. The number of rotatable bonds is 4. The second kappa shape index (κ2) is 5.98. The van der Waals surface area contributed by atoms with Crippen LogP contribution >= 0.6 is 0 Å². The van der Waals surface area contributed by atoms with Gasteiger partial charge in [-0.25, -0.2) is 4.39 Å². The van der Waals surface area contributed by atoms with Crippen molar-refractivity contribution in [3.63, 3.8) is 0 Å². The van der Waals surface area contributed by atoms with Gasteiger partial charge in [-0.1, -0.05) is 42.0 Å². The molecule has 0 bridgehead atoms. The number of hydrogen-bond acceptors (Lipinski definition) is 1. The predicted octanol–water partition coefficient (Wildman–Crippen LogP) is 4.11. The van der Waals surface area contributed by atoms with Crippen LogP contribution in [0, 0.1) is 19.7 Å². The van der Waals surface area contributed by atoms with Crippen molar-refractivity contribution in [2.24, 2.45) is 0 Å². The lowest BCUT2D eigenvalue weighted by molar-refractivity contribution is 0.163. The van der Waals surface area contributed by atoms with Crippen LogP contribution in [0.5, 0.6) is 0 Å². The maximum Gasteiger partial charge on any atom is 0.129 e. The van der Waals surface area contributed by atoms with Crippen LogP contribution in [0.2, 0.25) is 0 Å². The summed E-state index contributed by atoms with van der Waals surface area (Å²) in [4.78, 5) is 0. The van der Waals surface area contributed by atoms with E-state index in [4.69, 9.17) is 0 Å². The minimum atomic E-state index is -0.750. The number of aryl methyl sites for hydroxylation is 3. The number of benzene rings is 2. The molecule has 0 aromatic heterocycles. The summed E-state index contributed by atoms with van der Waals surface area (Å²) in [5.74, 6) is -0.331. The van der Waals surface area contributed by atoms with Gasteiger partial charge in [0, 0.05) is 5.56 Å². The standard InChI is InChI=1S/C17H19FO/c1-12-7-9-16(18)15(11-12)17(19)10-8-14-6-4-3-5-13(14)2/h3-7,9,11,17,19H,8,10H2,1-2H3. The number of hydrogen-bond donors (Lipinski definition) is 1. The van der Waals surface area contributed by atoms with Gasteiger partial charge in [0.15, 0.2) is 0 Å². The second-order valence-corrected chi connectivity index (χ2v) is 5.01. The Hall–Kier alpha value is -1.67. The van der Waals surface area contributed by atoms with Crippen LogP contribution in [-0.2, 0) is 6.42 Å². The number of aliphatic hydroxyl groups is 1. The van der Waals surface area contributed by atoms with Gasteiger partial charge in [0.2, 0.25) is 0 Å². The summed E-state index contributed by atoms with van der Waals surface area (Å²) >= 11 is 0. The summed E-state index contributed by atoms with van der Waals surface area (Å²) in [5.41, 5.74) is 3.77. The summed E-state index contributed by atoms with van der Waals surface area (Å²) in [6.07, 6.45) is 0.534. The minimum Gasteiger partial charge on any atom is -0.388 e. The fraction of sp³-hybridized carbons (Fsp3) is 0.294. The zero-order chi connectivity index (χ0) is 13.8. The monoisotopic (exact) mass is 258 g/mol. The molecule has 0 aliphatic carbocycles. The van der Waals surface area contributed by atoms with Crippen molar-refractivity contribution < 1.29 is 9.50 Å². The Kier molecular flexibility index (Phi) is 4.33. The normalized spacial score (nSPS) is 12.4. The lowest BCUT2D eigenvalue weighted by atomic mass is 9.97. The molecule has 2 aromatic carbocycles. The van der Waals surface area contributed by atoms with E-state index in [1.54, 1.807) is 12.1 Å². The molecule has 1 nitrogen and oxygen atoms in total. The molecule has 0 heterocycles. The van der Waals surface area contributed by atoms with Crippen molar-refractivity contribution in [2.45, 2.75) is 32.8 Å². The Morgan fingerprint density at radius 3 is 2.58 bits per heavy atom. The maximum absolute atomic E-state index is 13.7. The average molecular weight is 258 g/mol. The first-order chi connectivity index (χ1) is 9.08. The summed E-state index contributed by atoms with van der Waals surface area (Å²) in [5, 5.41) is 10.1. The van der Waals surface area contributed by atoms with Gasteiger partial charge in [-0.3, -0.25) is 0 Å². The van der Waals surface area contributed by atoms with E-state index in [0.717, 1.165) is 12.0 Å². The molecule has 1 unspecified atom stereocenters. The van der Waals surface area contributed by atoms with Crippen LogP contribution in [0.4, 0.5) is 4.39 Å². The lowest BCUT2D eigenvalue weighted by Gasteiger charge is -2.13. The maximum atomic E-state index is 13.7. The van der Waals surface area contributed by atoms with Gasteiger partial charge < -0.3 is 5.11 Å². The summed E-state index contributed by atoms with van der Waals surface area (Å²) in [6.45, 7) is 3.95. The Labute approximate surface area is 113 Å². The molecule has 1 N–H and O–H groups in total. The van der Waals surface area contributed by atoms with Crippen molar-refractivity contribution in [3.8, 4) is 0 Å². The van der Waals surface area contributed by atoms with Crippen molar-refractivity contribution in [3.05, 3.63) is 70.5 Å². The van der Waals surface area contributed by atoms with Crippen LogP contribution in [0.3, 0.4) is 0 Å². The quantitative estimate of drug-likeness (QED) is 0.875. The van der Waals surface area contributed by atoms with Crippen LogP contribution in [0.15, 0.2) is 42.5 Å². The van der Waals surface area contributed by atoms with Crippen LogP contribution in [-0.4, -0.2) is 5.11 Å². The van der Waals surface area contributed by atoms with E-state index < -0.39 is 6.10 Å². The van der Waals surface area contributed by atoms with Crippen molar-refractivity contribution >= 4 is 0 Å². The van der Waals surface area contributed by atoms with Gasteiger partial charge in [0.1, 0.15) is 5.82 Å². The molecule has 19 heavy (non-hydrogen) atoms. The highest BCUT2D eigenvalue weighted by Crippen LogP contribution is 2.23. The van der Waals surface area contributed by atoms with Crippen molar-refractivity contribution in [2.75, 3.05) is 0 Å². The van der Waals surface area contributed by atoms with E-state index >= 15 is 0 Å². The van der Waals surface area contributed by atoms with Gasteiger partial charge in [0.25, 0.3) is 0 Å². The third kappa shape index (κ3) is 3.42. The second-order valence-electron chi connectivity index (χ2n) is 5.01. The molecule has 0 saturated carbocycles. The highest BCUT2D eigenvalue weighted by atomic mass is 19.1. The first-order valence-corrected chi connectivity index (χ1v) is 6.56. The van der Waals surface area contributed by atoms with E-state index in [1.807, 2.05) is 19.1 Å². The first-order valence-electron chi connectivity index (χ1n) is 6.56. The van der Waals surface area contributed by atoms with E-state index in [0.29, 0.717) is 12.0 Å². The molecule has 0 amide bonds. The fourth-order valence-corrected chi connectivity index (χ4v) is 2.26. The molecule has 2 heteroatoms. The van der Waals surface area contributed by atoms with Crippen molar-refractivity contribution in [1.82, 2.24) is 0 Å². The third-order valence-electron chi connectivity index (χ3n) is 3.46. The molecule has 0 fully saturated rings. The van der Waals surface area contributed by atoms with Crippen molar-refractivity contribution in [1.29, 1.82) is 0 Å². The summed E-state index contributed by atoms with van der Waals surface area (Å²) in [7, 11) is 0. The van der Waals surface area contributed by atoms with E-state index in [-0.39, 0.29) is 5.82 Å². The SMILES string of the molecule is Cc1ccc(F)c(C(O)CCc2ccccc2C)c1. The minimum absolute atomic E-state index is 0.331. The number of aliphatic hydroxyl groups excluding tert-OH is 1. The molecular weight excluding hydrogens is 239 g/mol. The molecule has 2 aromatic rings. The highest BCUT2D eigenvalue weighted by Gasteiger charge is 2.13. The van der Waals surface area contributed by atoms with Gasteiger partial charge in [0.05, 0.1) is 6.10 Å². The fourth-order valence-electron chi connectivity index (χ4n) is 2.26. The van der Waals surface area contributed by atoms with Crippen LogP contribution < -0.4 is 0 Å². The topological polar surface area (TPSA) is 20.2 Å². The average Bonchev–Trinajstić information content (AvgIpc) is 2.40. The number of halogens is 1. The van der Waals surface area contributed by atoms with Gasteiger partial charge in [-0.15, -0.1) is 0 Å². The third-order valence-corrected chi connectivity index (χ3v) is 3.46. The Bertz CT molecular complexity index is 563. The van der Waals surface area contributed by atoms with Gasteiger partial charge in [-0.05, 0) is 43.9 Å². The Balaban J connectivity index is 2.07. The van der Waals surface area contributed by atoms with E-state index in [9.17, 15) is 9.50 Å². The zero-order valence-electron chi connectivity index (χ0n) is 11.4. The molecule has 0 saturated heterocycles. The van der Waals surface area contributed by atoms with E-state index in [1.165, 1.54) is 17.2 Å². The summed E-state index contributed by atoms with van der Waals surface area (Å²) in [6, 6.07) is 12.9. The molecule has 1 atom stereocenters. The van der Waals surface area contributed by atoms with Crippen LogP contribution in [0.25, 0.3) is 0 Å². The van der Waals surface area contributed by atoms with Gasteiger partial charge in [-0.2, -0.15) is 0 Å². The Morgan fingerprint density at radius 2 is 1.84 bits per heavy atom. The molecule has 2 rings (SSSR count). The van der Waals surface area contributed by atoms with Crippen LogP contribution in [0.1, 0.15) is 34.8 Å². The van der Waals surface area contributed by atoms with Gasteiger partial charge >= 0.3 is 0 Å². The zero-order valence-corrected chi connectivity index (χ0v) is 11.4. The lowest BCUT2D eigenvalue weighted by Crippen LogP contribution is -2.03. The molecule has 0 aliphatic rings. The first kappa shape index (κ1) is 13.8. The smallest absolute Gasteiger partial charge is 0.129 e. The predicted molar refractivity (Wildman–Crippen MR) is 75.6 cm³/mol. The summed E-state index contributed by atoms with van der Waals surface area (Å²) < 4.78 is 13.7. The highest BCUT2D eigenvalue weighted by molar-refractivity contribution is 5.28. The largest absolute Gasteiger partial charge is 0.388 e.